The van der Waals surface area contributed by atoms with Crippen molar-refractivity contribution in [1.82, 2.24) is 4.98 Å². The molecule has 2 fully saturated rings. The number of rotatable bonds is 4. The molecule has 1 aromatic heterocycles. The Morgan fingerprint density at radius 3 is 2.69 bits per heavy atom. The monoisotopic (exact) mass is 401 g/mol. The lowest BCUT2D eigenvalue weighted by Crippen LogP contribution is -2.46. The van der Waals surface area contributed by atoms with Gasteiger partial charge in [0, 0.05) is 0 Å². The van der Waals surface area contributed by atoms with Crippen molar-refractivity contribution in [2.24, 2.45) is 0 Å². The molecule has 10 heteroatoms. The molecule has 2 aromatic rings. The second kappa shape index (κ2) is 5.93. The van der Waals surface area contributed by atoms with Crippen LogP contribution in [0.5, 0.6) is 0 Å². The quantitative estimate of drug-likeness (QED) is 0.768. The van der Waals surface area contributed by atoms with Gasteiger partial charge in [0.25, 0.3) is 0 Å². The Morgan fingerprint density at radius 2 is 2.00 bits per heavy atom. The maximum absolute atomic E-state index is 13.0. The predicted octanol–water partition coefficient (Wildman–Crippen LogP) is 0.670. The van der Waals surface area contributed by atoms with Crippen molar-refractivity contribution in [3.63, 3.8) is 0 Å². The summed E-state index contributed by atoms with van der Waals surface area (Å²) in [6.07, 6.45) is -3.21. The van der Waals surface area contributed by atoms with Crippen molar-refractivity contribution in [2.45, 2.75) is 48.1 Å². The van der Waals surface area contributed by atoms with Crippen molar-refractivity contribution in [1.29, 1.82) is 0 Å². The number of hydrogen-bond acceptors (Lipinski definition) is 9. The highest BCUT2D eigenvalue weighted by molar-refractivity contribution is 7.93. The third-order valence-corrected chi connectivity index (χ3v) is 7.66. The molecule has 0 spiro atoms. The van der Waals surface area contributed by atoms with Crippen LogP contribution in [0.2, 0.25) is 0 Å². The minimum Gasteiger partial charge on any atom is -0.394 e. The standard InChI is InChI=1S/C16H19NO7S2/c1-15(2)23-13-12(19)10(7-18)22-16(13,24-15)8-26(20,21)14-17-9-5-3-4-6-11(9)25-14/h3-6,10,12-13,18-19H,7-8H2,1-2H3/t10-,12+,13-,16-/m0/s1. The van der Waals surface area contributed by atoms with Gasteiger partial charge in [0.05, 0.1) is 16.8 Å². The SMILES string of the molecule is CC1(C)O[C@H]2[C@H](O)[C@H](CO)O[C@@]2(CS(=O)(=O)c2nc3ccccc3s2)O1. The molecule has 2 N–H and O–H groups in total. The van der Waals surface area contributed by atoms with Crippen LogP contribution < -0.4 is 0 Å². The van der Waals surface area contributed by atoms with Gasteiger partial charge in [-0.1, -0.05) is 12.1 Å². The van der Waals surface area contributed by atoms with Crippen molar-refractivity contribution < 1.29 is 32.8 Å². The number of benzene rings is 1. The van der Waals surface area contributed by atoms with Crippen molar-refractivity contribution in [3.05, 3.63) is 24.3 Å². The van der Waals surface area contributed by atoms with Crippen molar-refractivity contribution >= 4 is 31.4 Å². The summed E-state index contributed by atoms with van der Waals surface area (Å²) in [5.74, 6) is -3.40. The number of fused-ring (bicyclic) bond motifs is 2. The Hall–Kier alpha value is -1.14. The van der Waals surface area contributed by atoms with E-state index in [1.165, 1.54) is 0 Å². The van der Waals surface area contributed by atoms with Gasteiger partial charge in [0.15, 0.2) is 5.79 Å². The first-order valence-corrected chi connectivity index (χ1v) is 10.6. The van der Waals surface area contributed by atoms with E-state index in [2.05, 4.69) is 4.98 Å². The van der Waals surface area contributed by atoms with E-state index in [9.17, 15) is 18.6 Å². The highest BCUT2D eigenvalue weighted by Gasteiger charge is 2.66. The van der Waals surface area contributed by atoms with Gasteiger partial charge < -0.3 is 24.4 Å². The molecule has 2 aliphatic heterocycles. The number of aliphatic hydroxyl groups is 2. The van der Waals surface area contributed by atoms with Crippen LogP contribution in [0.4, 0.5) is 0 Å². The average Bonchev–Trinajstić information content (AvgIpc) is 3.17. The molecule has 3 heterocycles. The number of para-hydroxylation sites is 1. The summed E-state index contributed by atoms with van der Waals surface area (Å²) < 4.78 is 43.8. The predicted molar refractivity (Wildman–Crippen MR) is 92.4 cm³/mol. The van der Waals surface area contributed by atoms with E-state index >= 15 is 0 Å². The first kappa shape index (κ1) is 18.2. The molecule has 0 aliphatic carbocycles. The Labute approximate surface area is 154 Å². The van der Waals surface area contributed by atoms with Gasteiger partial charge in [-0.3, -0.25) is 0 Å². The topological polar surface area (TPSA) is 115 Å². The van der Waals surface area contributed by atoms with E-state index in [-0.39, 0.29) is 4.34 Å². The molecular formula is C16H19NO7S2. The van der Waals surface area contributed by atoms with E-state index in [1.807, 2.05) is 6.07 Å². The molecule has 4 rings (SSSR count). The van der Waals surface area contributed by atoms with Gasteiger partial charge in [0.1, 0.15) is 24.1 Å². The number of nitrogens with zero attached hydrogens (tertiary/aromatic N) is 1. The summed E-state index contributed by atoms with van der Waals surface area (Å²) in [7, 11) is -3.89. The minimum absolute atomic E-state index is 0.0503. The van der Waals surface area contributed by atoms with Gasteiger partial charge in [-0.25, -0.2) is 13.4 Å². The second-order valence-corrected chi connectivity index (χ2v) is 10.1. The zero-order chi connectivity index (χ0) is 18.7. The zero-order valence-electron chi connectivity index (χ0n) is 14.2. The highest BCUT2D eigenvalue weighted by Crippen LogP contribution is 2.47. The molecular weight excluding hydrogens is 382 g/mol. The van der Waals surface area contributed by atoms with Crippen LogP contribution in [0.15, 0.2) is 28.6 Å². The third kappa shape index (κ3) is 2.85. The molecule has 0 radical (unpaired) electrons. The average molecular weight is 401 g/mol. The van der Waals surface area contributed by atoms with Crippen LogP contribution in [0.1, 0.15) is 13.8 Å². The molecule has 26 heavy (non-hydrogen) atoms. The van der Waals surface area contributed by atoms with Crippen molar-refractivity contribution in [2.75, 3.05) is 12.4 Å². The van der Waals surface area contributed by atoms with Crippen LogP contribution in [0, 0.1) is 0 Å². The number of thiazole rings is 1. The Balaban J connectivity index is 1.71. The van der Waals surface area contributed by atoms with Gasteiger partial charge in [0.2, 0.25) is 20.0 Å². The highest BCUT2D eigenvalue weighted by atomic mass is 32.2. The lowest BCUT2D eigenvalue weighted by atomic mass is 10.1. The molecule has 2 aliphatic rings. The summed E-state index contributed by atoms with van der Waals surface area (Å²) >= 11 is 1.06. The van der Waals surface area contributed by atoms with Gasteiger partial charge in [-0.15, -0.1) is 11.3 Å². The molecule has 1 aromatic carbocycles. The number of sulfone groups is 1. The molecule has 142 valence electrons. The largest absolute Gasteiger partial charge is 0.394 e. The lowest BCUT2D eigenvalue weighted by molar-refractivity contribution is -0.256. The van der Waals surface area contributed by atoms with Crippen molar-refractivity contribution in [3.8, 4) is 0 Å². The molecule has 0 saturated carbocycles. The summed E-state index contributed by atoms with van der Waals surface area (Å²) in [6.45, 7) is 2.75. The molecule has 2 saturated heterocycles. The fourth-order valence-electron chi connectivity index (χ4n) is 3.44. The van der Waals surface area contributed by atoms with Crippen LogP contribution in [-0.2, 0) is 24.0 Å². The lowest BCUT2D eigenvalue weighted by Gasteiger charge is -2.27. The Bertz CT molecular complexity index is 908. The fourth-order valence-corrected chi connectivity index (χ4v) is 6.27. The summed E-state index contributed by atoms with van der Waals surface area (Å²) in [5.41, 5.74) is 0.592. The van der Waals surface area contributed by atoms with E-state index in [0.717, 1.165) is 16.0 Å². The maximum atomic E-state index is 13.0. The van der Waals surface area contributed by atoms with E-state index in [1.54, 1.807) is 32.0 Å². The number of ether oxygens (including phenoxy) is 3. The van der Waals surface area contributed by atoms with Gasteiger partial charge in [-0.05, 0) is 26.0 Å². The first-order valence-electron chi connectivity index (χ1n) is 8.09. The first-order chi connectivity index (χ1) is 12.2. The van der Waals surface area contributed by atoms with Crippen LogP contribution in [-0.4, -0.2) is 65.9 Å². The van der Waals surface area contributed by atoms with E-state index in [0.29, 0.717) is 5.52 Å². The third-order valence-electron chi connectivity index (χ3n) is 4.42. The zero-order valence-corrected chi connectivity index (χ0v) is 15.8. The number of hydrogen-bond donors (Lipinski definition) is 2. The molecule has 8 nitrogen and oxygen atoms in total. The molecule has 4 atom stereocenters. The number of aliphatic hydroxyl groups excluding tert-OH is 2. The van der Waals surface area contributed by atoms with E-state index < -0.39 is 52.1 Å². The van der Waals surface area contributed by atoms with E-state index in [4.69, 9.17) is 14.2 Å². The maximum Gasteiger partial charge on any atom is 0.215 e. The summed E-state index contributed by atoms with van der Waals surface area (Å²) in [5, 5.41) is 19.7. The van der Waals surface area contributed by atoms with Crippen LogP contribution in [0.3, 0.4) is 0 Å². The Kier molecular flexibility index (Phi) is 4.16. The smallest absolute Gasteiger partial charge is 0.215 e. The second-order valence-electron chi connectivity index (χ2n) is 6.89. The summed E-state index contributed by atoms with van der Waals surface area (Å²) in [4.78, 5) is 4.20. The normalized spacial score (nSPS) is 33.6. The van der Waals surface area contributed by atoms with Crippen LogP contribution in [0.25, 0.3) is 10.2 Å². The van der Waals surface area contributed by atoms with Gasteiger partial charge in [-0.2, -0.15) is 0 Å². The molecule has 0 bridgehead atoms. The Morgan fingerprint density at radius 1 is 1.27 bits per heavy atom. The minimum atomic E-state index is -3.89. The molecule has 0 amide bonds. The number of aromatic nitrogens is 1. The fraction of sp³-hybridized carbons (Fsp3) is 0.562. The summed E-state index contributed by atoms with van der Waals surface area (Å²) in [6, 6.07) is 7.13. The van der Waals surface area contributed by atoms with Gasteiger partial charge >= 0.3 is 0 Å². The molecule has 0 unspecified atom stereocenters. The van der Waals surface area contributed by atoms with Crippen LogP contribution >= 0.6 is 11.3 Å².